The first-order valence-electron chi connectivity index (χ1n) is 5.58. The van der Waals surface area contributed by atoms with Gasteiger partial charge in [-0.15, -0.1) is 37.7 Å². The van der Waals surface area contributed by atoms with E-state index in [1.807, 2.05) is 6.88 Å². The van der Waals surface area contributed by atoms with Crippen molar-refractivity contribution in [2.24, 2.45) is 0 Å². The molecule has 0 aromatic rings. The number of halogens is 2. The van der Waals surface area contributed by atoms with Crippen molar-refractivity contribution in [3.05, 3.63) is 62.0 Å². The van der Waals surface area contributed by atoms with Gasteiger partial charge >= 0.3 is 30.2 Å². The Bertz CT molecular complexity index is 331. The normalized spacial score (nSPS) is 13.0. The average molecular weight is 411 g/mol. The number of hydrogen-bond donors (Lipinski definition) is 0. The third kappa shape index (κ3) is 16.7. The zero-order chi connectivity index (χ0) is 12.4. The molecule has 20 heavy (non-hydrogen) atoms. The Morgan fingerprint density at radius 3 is 1.90 bits per heavy atom. The van der Waals surface area contributed by atoms with Crippen LogP contribution in [0.1, 0.15) is 40.0 Å². The van der Waals surface area contributed by atoms with Gasteiger partial charge in [0, 0.05) is 0 Å². The van der Waals surface area contributed by atoms with Gasteiger partial charge in [0.1, 0.15) is 0 Å². The second-order valence-electron chi connectivity index (χ2n) is 3.71. The molecule has 0 fully saturated rings. The fraction of sp³-hybridized carbons (Fsp3) is 0.375. The van der Waals surface area contributed by atoms with Gasteiger partial charge in [-0.3, -0.25) is 12.2 Å². The molecule has 0 aromatic carbocycles. The molecule has 118 valence electrons. The summed E-state index contributed by atoms with van der Waals surface area (Å²) < 4.78 is 0. The fourth-order valence-corrected chi connectivity index (χ4v) is 1.44. The number of allylic oxidation sites excluding steroid dienone is 8. The topological polar surface area (TPSA) is 0 Å². The third-order valence-corrected chi connectivity index (χ3v) is 2.29. The van der Waals surface area contributed by atoms with Crippen molar-refractivity contribution in [2.75, 3.05) is 0 Å². The third-order valence-electron chi connectivity index (χ3n) is 2.29. The summed E-state index contributed by atoms with van der Waals surface area (Å²) in [5.74, 6) is 0. The molecule has 0 aromatic heterocycles. The Balaban J connectivity index is -0.0000000566. The molecule has 0 saturated carbocycles. The van der Waals surface area contributed by atoms with Crippen molar-refractivity contribution >= 4 is 31.7 Å². The molecule has 0 saturated heterocycles. The van der Waals surface area contributed by atoms with Crippen LogP contribution in [-0.4, -0.2) is 6.88 Å². The Labute approximate surface area is 156 Å². The molecule has 0 spiro atoms. The van der Waals surface area contributed by atoms with Crippen LogP contribution in [0.2, 0.25) is 0 Å². The molecule has 0 nitrogen and oxygen atoms in total. The zero-order valence-corrected chi connectivity index (χ0v) is 18.9. The molecule has 2 aliphatic rings. The Morgan fingerprint density at radius 1 is 1.20 bits per heavy atom. The molecule has 0 unspecified atom stereocenters. The van der Waals surface area contributed by atoms with Crippen molar-refractivity contribution in [1.29, 1.82) is 0 Å². The Morgan fingerprint density at radius 2 is 1.75 bits per heavy atom. The average Bonchev–Trinajstić information content (AvgIpc) is 2.93. The van der Waals surface area contributed by atoms with Gasteiger partial charge < -0.3 is 14.9 Å². The summed E-state index contributed by atoms with van der Waals surface area (Å²) in [6, 6.07) is 0. The summed E-state index contributed by atoms with van der Waals surface area (Å²) in [6.07, 6.45) is 16.0. The van der Waals surface area contributed by atoms with Crippen LogP contribution in [0.3, 0.4) is 0 Å². The van der Waals surface area contributed by atoms with E-state index >= 15 is 0 Å². The predicted octanol–water partition coefficient (Wildman–Crippen LogP) is 5.00. The maximum atomic E-state index is 3.19. The van der Waals surface area contributed by atoms with Crippen LogP contribution in [0.5, 0.6) is 0 Å². The van der Waals surface area contributed by atoms with Crippen LogP contribution in [0, 0.1) is 27.0 Å². The van der Waals surface area contributed by atoms with Gasteiger partial charge in [-0.1, -0.05) is 27.2 Å². The Kier molecular flexibility index (Phi) is 35.7. The van der Waals surface area contributed by atoms with Gasteiger partial charge in [0.25, 0.3) is 0 Å². The molecule has 0 N–H and O–H groups in total. The summed E-state index contributed by atoms with van der Waals surface area (Å²) in [7, 11) is 0. The van der Waals surface area contributed by atoms with E-state index in [9.17, 15) is 0 Å². The van der Waals surface area contributed by atoms with Gasteiger partial charge in [0.05, 0.1) is 0 Å². The monoisotopic (exact) mass is 408 g/mol. The Hall–Kier alpha value is 0.640. The van der Waals surface area contributed by atoms with E-state index in [0.29, 0.717) is 0 Å². The first kappa shape index (κ1) is 32.5. The predicted molar refractivity (Wildman–Crippen MR) is 97.5 cm³/mol. The first-order valence-corrected chi connectivity index (χ1v) is 11.5. The number of rotatable bonds is 1. The summed E-state index contributed by atoms with van der Waals surface area (Å²) >= 11 is 1.58. The zero-order valence-electron chi connectivity index (χ0n) is 13.4. The molecule has 0 heterocycles. The standard InChI is InChI=1S/2C7H9.2CH3.2ClH.H2Si.Zr/c1-6-3-4-7(2)5-6;1-2-7-5-3-4-6-7;;;;;;/h5H,3H2,1-2H3;5-6H,2-3H2,1H3;2*1H3;2*1H;1H2;/q4*-1;;;;. The van der Waals surface area contributed by atoms with Crippen LogP contribution >= 0.6 is 24.8 Å². The first-order chi connectivity index (χ1) is 7.72. The van der Waals surface area contributed by atoms with E-state index in [1.165, 1.54) is 16.7 Å². The van der Waals surface area contributed by atoms with Crippen molar-refractivity contribution in [3.63, 3.8) is 0 Å². The van der Waals surface area contributed by atoms with Crippen molar-refractivity contribution < 1.29 is 23.3 Å². The maximum absolute atomic E-state index is 3.19. The molecule has 0 atom stereocenters. The quantitative estimate of drug-likeness (QED) is 0.422. The SMILES string of the molecule is CC1=[C-]CC(C)=C1.CCC1=CC[C-]=C1.Cl.Cl.[CH3-].[CH3-].[SiH2]=[Zr]. The minimum absolute atomic E-state index is 0. The van der Waals surface area contributed by atoms with Crippen LogP contribution in [0.15, 0.2) is 34.9 Å². The van der Waals surface area contributed by atoms with Crippen LogP contribution in [-0.2, 0) is 23.3 Å². The summed E-state index contributed by atoms with van der Waals surface area (Å²) in [4.78, 5) is 0. The van der Waals surface area contributed by atoms with Gasteiger partial charge in [0.2, 0.25) is 0 Å². The molecule has 0 bridgehead atoms. The summed E-state index contributed by atoms with van der Waals surface area (Å²) in [6.45, 7) is 8.32. The molecule has 2 rings (SSSR count). The van der Waals surface area contributed by atoms with Gasteiger partial charge in [0.15, 0.2) is 0 Å². The van der Waals surface area contributed by atoms with Crippen molar-refractivity contribution in [1.82, 2.24) is 0 Å². The van der Waals surface area contributed by atoms with Gasteiger partial charge in [-0.25, -0.2) is 23.3 Å². The summed E-state index contributed by atoms with van der Waals surface area (Å²) in [5.41, 5.74) is 4.15. The van der Waals surface area contributed by atoms with E-state index in [0.717, 1.165) is 19.3 Å². The van der Waals surface area contributed by atoms with Gasteiger partial charge in [-0.05, 0) is 0 Å². The van der Waals surface area contributed by atoms with E-state index in [2.05, 4.69) is 51.2 Å². The molecule has 0 aliphatic heterocycles. The van der Waals surface area contributed by atoms with E-state index < -0.39 is 0 Å². The van der Waals surface area contributed by atoms with E-state index in [-0.39, 0.29) is 39.7 Å². The fourth-order valence-electron chi connectivity index (χ4n) is 1.44. The second kappa shape index (κ2) is 21.9. The van der Waals surface area contributed by atoms with E-state index in [1.54, 1.807) is 23.3 Å². The molecule has 0 radical (unpaired) electrons. The molecule has 2 aliphatic carbocycles. The van der Waals surface area contributed by atoms with Crippen LogP contribution in [0.4, 0.5) is 0 Å². The van der Waals surface area contributed by atoms with Crippen molar-refractivity contribution in [2.45, 2.75) is 40.0 Å². The number of hydrogen-bond acceptors (Lipinski definition) is 0. The molecule has 0 amide bonds. The summed E-state index contributed by atoms with van der Waals surface area (Å²) in [5, 5.41) is 0. The van der Waals surface area contributed by atoms with Crippen LogP contribution < -0.4 is 0 Å². The molecular formula is C16H28Cl2SiZr-4. The van der Waals surface area contributed by atoms with Crippen molar-refractivity contribution in [3.8, 4) is 0 Å². The molecular weight excluding hydrogens is 382 g/mol. The van der Waals surface area contributed by atoms with E-state index in [4.69, 9.17) is 0 Å². The molecule has 4 heteroatoms. The van der Waals surface area contributed by atoms with Gasteiger partial charge in [-0.2, -0.15) is 11.6 Å². The van der Waals surface area contributed by atoms with Crippen LogP contribution in [0.25, 0.3) is 0 Å². The second-order valence-corrected chi connectivity index (χ2v) is 3.71. The minimum atomic E-state index is 0.